The minimum absolute atomic E-state index is 0.0644. The van der Waals surface area contributed by atoms with Gasteiger partial charge in [0.2, 0.25) is 0 Å². The van der Waals surface area contributed by atoms with Crippen LogP contribution in [0.4, 0.5) is 11.4 Å². The molecule has 1 aromatic carbocycles. The van der Waals surface area contributed by atoms with Gasteiger partial charge in [0.25, 0.3) is 5.69 Å². The normalized spacial score (nSPS) is 13.4. The van der Waals surface area contributed by atoms with E-state index in [1.165, 1.54) is 18.4 Å². The van der Waals surface area contributed by atoms with E-state index in [4.69, 9.17) is 4.74 Å². The van der Waals surface area contributed by atoms with Gasteiger partial charge in [-0.25, -0.2) is 0 Å². The highest BCUT2D eigenvalue weighted by molar-refractivity contribution is 5.65. The van der Waals surface area contributed by atoms with Crippen LogP contribution in [-0.2, 0) is 0 Å². The Hall–Kier alpha value is -2.04. The fourth-order valence-corrected chi connectivity index (χ4v) is 1.27. The maximum Gasteiger partial charge on any atom is 0.271 e. The molecule has 0 radical (unpaired) electrons. The van der Waals surface area contributed by atoms with Crippen LogP contribution in [0.25, 0.3) is 0 Å². The van der Waals surface area contributed by atoms with Gasteiger partial charge in [-0.15, -0.1) is 0 Å². The summed E-state index contributed by atoms with van der Waals surface area (Å²) in [5, 5.41) is 10.5. The minimum Gasteiger partial charge on any atom is -0.461 e. The smallest absolute Gasteiger partial charge is 0.271 e. The molecule has 1 aromatic rings. The van der Waals surface area contributed by atoms with E-state index in [1.807, 2.05) is 7.05 Å². The number of ether oxygens (including phenoxy) is 1. The molecule has 14 heavy (non-hydrogen) atoms. The van der Waals surface area contributed by atoms with Gasteiger partial charge in [0.15, 0.2) is 5.75 Å². The maximum atomic E-state index is 10.5. The third-order valence-corrected chi connectivity index (χ3v) is 2.01. The number of anilines is 1. The number of non-ortho nitro benzene ring substituents is 1. The van der Waals surface area contributed by atoms with E-state index in [0.717, 1.165) is 0 Å². The molecule has 0 saturated carbocycles. The van der Waals surface area contributed by atoms with Crippen molar-refractivity contribution >= 4 is 11.4 Å². The number of rotatable bonds is 1. The lowest BCUT2D eigenvalue weighted by Gasteiger charge is -2.20. The van der Waals surface area contributed by atoms with Crippen LogP contribution in [0.1, 0.15) is 0 Å². The van der Waals surface area contributed by atoms with Crippen molar-refractivity contribution < 1.29 is 9.66 Å². The van der Waals surface area contributed by atoms with Crippen LogP contribution in [-0.4, -0.2) is 12.0 Å². The third kappa shape index (κ3) is 1.28. The van der Waals surface area contributed by atoms with Crippen molar-refractivity contribution in [3.8, 4) is 5.75 Å². The van der Waals surface area contributed by atoms with Crippen LogP contribution in [0.2, 0.25) is 0 Å². The second-order valence-electron chi connectivity index (χ2n) is 2.92. The van der Waals surface area contributed by atoms with Crippen molar-refractivity contribution in [1.29, 1.82) is 0 Å². The Kier molecular flexibility index (Phi) is 1.85. The van der Waals surface area contributed by atoms with E-state index >= 15 is 0 Å². The molecule has 1 heterocycles. The first-order valence-electron chi connectivity index (χ1n) is 4.03. The van der Waals surface area contributed by atoms with Crippen molar-refractivity contribution in [1.82, 2.24) is 0 Å². The van der Waals surface area contributed by atoms with E-state index in [9.17, 15) is 10.1 Å². The third-order valence-electron chi connectivity index (χ3n) is 2.01. The summed E-state index contributed by atoms with van der Waals surface area (Å²) in [6.07, 6.45) is 3.24. The largest absolute Gasteiger partial charge is 0.461 e. The summed E-state index contributed by atoms with van der Waals surface area (Å²) in [5.41, 5.74) is 0.760. The Bertz CT molecular complexity index is 415. The van der Waals surface area contributed by atoms with E-state index in [0.29, 0.717) is 11.4 Å². The fraction of sp³-hybridized carbons (Fsp3) is 0.111. The zero-order valence-electron chi connectivity index (χ0n) is 7.51. The number of nitro groups is 1. The van der Waals surface area contributed by atoms with Crippen LogP contribution in [0.15, 0.2) is 30.7 Å². The molecule has 2 rings (SSSR count). The van der Waals surface area contributed by atoms with E-state index in [-0.39, 0.29) is 5.69 Å². The lowest BCUT2D eigenvalue weighted by Crippen LogP contribution is -2.13. The maximum absolute atomic E-state index is 10.5. The number of benzene rings is 1. The number of hydrogen-bond donors (Lipinski definition) is 0. The van der Waals surface area contributed by atoms with Crippen molar-refractivity contribution in [2.45, 2.75) is 0 Å². The van der Waals surface area contributed by atoms with Gasteiger partial charge in [-0.05, 0) is 6.07 Å². The first kappa shape index (κ1) is 8.55. The number of fused-ring (bicyclic) bond motifs is 1. The lowest BCUT2D eigenvalue weighted by molar-refractivity contribution is -0.384. The number of hydrogen-bond acceptors (Lipinski definition) is 4. The van der Waals surface area contributed by atoms with Crippen molar-refractivity contribution in [3.63, 3.8) is 0 Å². The zero-order valence-corrected chi connectivity index (χ0v) is 7.51. The van der Waals surface area contributed by atoms with Crippen molar-refractivity contribution in [3.05, 3.63) is 40.8 Å². The average Bonchev–Trinajstić information content (AvgIpc) is 2.18. The first-order valence-corrected chi connectivity index (χ1v) is 4.03. The van der Waals surface area contributed by atoms with Gasteiger partial charge >= 0.3 is 0 Å². The van der Waals surface area contributed by atoms with Crippen molar-refractivity contribution in [2.75, 3.05) is 11.9 Å². The van der Waals surface area contributed by atoms with Gasteiger partial charge in [0.05, 0.1) is 10.6 Å². The molecule has 0 bridgehead atoms. The summed E-state index contributed by atoms with van der Waals surface area (Å²) in [6.45, 7) is 0. The topological polar surface area (TPSA) is 55.6 Å². The Balaban J connectivity index is 2.49. The van der Waals surface area contributed by atoms with Gasteiger partial charge < -0.3 is 9.64 Å². The Morgan fingerprint density at radius 1 is 1.50 bits per heavy atom. The number of nitro benzene ring substituents is 1. The van der Waals surface area contributed by atoms with Crippen molar-refractivity contribution in [2.24, 2.45) is 0 Å². The minimum atomic E-state index is -0.424. The van der Waals surface area contributed by atoms with Crippen LogP contribution in [0, 0.1) is 10.1 Å². The summed E-state index contributed by atoms with van der Waals surface area (Å²) in [7, 11) is 1.81. The van der Waals surface area contributed by atoms with E-state index in [1.54, 1.807) is 17.2 Å². The van der Waals surface area contributed by atoms with Crippen LogP contribution >= 0.6 is 0 Å². The quantitative estimate of drug-likeness (QED) is 0.503. The molecule has 0 aliphatic carbocycles. The first-order chi connectivity index (χ1) is 6.68. The Morgan fingerprint density at radius 3 is 3.00 bits per heavy atom. The second-order valence-corrected chi connectivity index (χ2v) is 2.92. The summed E-state index contributed by atoms with van der Waals surface area (Å²) < 4.78 is 5.18. The SMILES string of the molecule is CN1C=COc2ccc([N+](=O)[O-])cc21. The highest BCUT2D eigenvalue weighted by Gasteiger charge is 2.15. The molecule has 0 spiro atoms. The fourth-order valence-electron chi connectivity index (χ4n) is 1.27. The molecular formula is C9H8N2O3. The Morgan fingerprint density at radius 2 is 2.29 bits per heavy atom. The van der Waals surface area contributed by atoms with Gasteiger partial charge in [-0.2, -0.15) is 0 Å². The summed E-state index contributed by atoms with van der Waals surface area (Å²) in [5.74, 6) is 0.626. The van der Waals surface area contributed by atoms with Crippen LogP contribution < -0.4 is 9.64 Å². The average molecular weight is 192 g/mol. The molecule has 0 aromatic heterocycles. The predicted molar refractivity (Wildman–Crippen MR) is 51.3 cm³/mol. The molecule has 0 N–H and O–H groups in total. The van der Waals surface area contributed by atoms with Gasteiger partial charge in [-0.1, -0.05) is 0 Å². The molecule has 0 amide bonds. The van der Waals surface area contributed by atoms with E-state index in [2.05, 4.69) is 0 Å². The summed E-state index contributed by atoms with van der Waals surface area (Å²) >= 11 is 0. The van der Waals surface area contributed by atoms with Gasteiger partial charge in [0.1, 0.15) is 6.26 Å². The standard InChI is InChI=1S/C9H8N2O3/c1-10-4-5-14-9-3-2-7(11(12)13)6-8(9)10/h2-6H,1H3. The molecule has 5 nitrogen and oxygen atoms in total. The molecule has 1 aliphatic rings. The molecular weight excluding hydrogens is 184 g/mol. The molecule has 0 atom stereocenters. The molecule has 5 heteroatoms. The molecule has 1 aliphatic heterocycles. The predicted octanol–water partition coefficient (Wildman–Crippen LogP) is 1.89. The zero-order chi connectivity index (χ0) is 10.1. The molecule has 72 valence electrons. The monoisotopic (exact) mass is 192 g/mol. The molecule has 0 unspecified atom stereocenters. The lowest BCUT2D eigenvalue weighted by atomic mass is 10.2. The van der Waals surface area contributed by atoms with Gasteiger partial charge in [-0.3, -0.25) is 10.1 Å². The summed E-state index contributed by atoms with van der Waals surface area (Å²) in [6, 6.07) is 4.50. The van der Waals surface area contributed by atoms with E-state index < -0.39 is 4.92 Å². The van der Waals surface area contributed by atoms with Crippen LogP contribution in [0.3, 0.4) is 0 Å². The molecule has 0 saturated heterocycles. The summed E-state index contributed by atoms with van der Waals surface area (Å²) in [4.78, 5) is 11.9. The highest BCUT2D eigenvalue weighted by atomic mass is 16.6. The highest BCUT2D eigenvalue weighted by Crippen LogP contribution is 2.34. The number of nitrogens with zero attached hydrogens (tertiary/aromatic N) is 2. The molecule has 0 fully saturated rings. The van der Waals surface area contributed by atoms with Crippen LogP contribution in [0.5, 0.6) is 5.75 Å². The second kappa shape index (κ2) is 3.02. The Labute approximate surface area is 80.4 Å². The van der Waals surface area contributed by atoms with Gasteiger partial charge in [0, 0.05) is 25.4 Å².